The van der Waals surface area contributed by atoms with Crippen molar-refractivity contribution in [2.45, 2.75) is 65.7 Å². The minimum Gasteiger partial charge on any atom is -0.0683 e. The first-order chi connectivity index (χ1) is 8.86. The molecule has 102 valence electrons. The maximum Gasteiger partial charge on any atom is -0.0276 e. The average Bonchev–Trinajstić information content (AvgIpc) is 2.49. The molecular weight excluding hydrogens is 216 g/mol. The van der Waals surface area contributed by atoms with Gasteiger partial charge in [0.1, 0.15) is 0 Å². The van der Waals surface area contributed by atoms with E-state index in [1.807, 2.05) is 13.8 Å². The van der Waals surface area contributed by atoms with Crippen LogP contribution in [0.25, 0.3) is 0 Å². The third-order valence-corrected chi connectivity index (χ3v) is 4.19. The molecule has 1 aliphatic carbocycles. The first kappa shape index (κ1) is 15.3. The molecule has 2 rings (SSSR count). The molecule has 1 atom stereocenters. The van der Waals surface area contributed by atoms with Crippen molar-refractivity contribution in [3.63, 3.8) is 0 Å². The van der Waals surface area contributed by atoms with Gasteiger partial charge in [-0.25, -0.2) is 0 Å². The van der Waals surface area contributed by atoms with E-state index in [-0.39, 0.29) is 0 Å². The van der Waals surface area contributed by atoms with Gasteiger partial charge in [0.05, 0.1) is 0 Å². The molecular formula is C18H30. The summed E-state index contributed by atoms with van der Waals surface area (Å²) in [6.45, 7) is 6.46. The molecule has 1 aliphatic rings. The average molecular weight is 246 g/mol. The van der Waals surface area contributed by atoms with Crippen LogP contribution >= 0.6 is 0 Å². The van der Waals surface area contributed by atoms with E-state index in [1.165, 1.54) is 50.5 Å². The fraction of sp³-hybridized carbons (Fsp3) is 0.667. The number of benzene rings is 1. The van der Waals surface area contributed by atoms with Gasteiger partial charge in [0.2, 0.25) is 0 Å². The largest absolute Gasteiger partial charge is 0.0683 e. The summed E-state index contributed by atoms with van der Waals surface area (Å²) < 4.78 is 0. The zero-order chi connectivity index (χ0) is 13.2. The normalized spacial score (nSPS) is 17.7. The number of rotatable bonds is 4. The molecule has 0 heterocycles. The summed E-state index contributed by atoms with van der Waals surface area (Å²) >= 11 is 0. The summed E-state index contributed by atoms with van der Waals surface area (Å²) in [4.78, 5) is 0. The van der Waals surface area contributed by atoms with Gasteiger partial charge in [0.25, 0.3) is 0 Å². The lowest BCUT2D eigenvalue weighted by molar-refractivity contribution is 0.252. The quantitative estimate of drug-likeness (QED) is 0.624. The highest BCUT2D eigenvalue weighted by atomic mass is 14.2. The van der Waals surface area contributed by atoms with Gasteiger partial charge in [-0.15, -0.1) is 0 Å². The Bertz CT molecular complexity index is 282. The van der Waals surface area contributed by atoms with Crippen LogP contribution in [-0.4, -0.2) is 0 Å². The van der Waals surface area contributed by atoms with Crippen LogP contribution < -0.4 is 0 Å². The van der Waals surface area contributed by atoms with Crippen molar-refractivity contribution >= 4 is 0 Å². The Morgan fingerprint density at radius 3 is 2.22 bits per heavy atom. The molecule has 0 spiro atoms. The molecule has 0 aliphatic heterocycles. The van der Waals surface area contributed by atoms with Crippen LogP contribution in [-0.2, 0) is 6.42 Å². The Hall–Kier alpha value is -0.780. The van der Waals surface area contributed by atoms with Gasteiger partial charge in [-0.2, -0.15) is 0 Å². The summed E-state index contributed by atoms with van der Waals surface area (Å²) in [6, 6.07) is 10.9. The van der Waals surface area contributed by atoms with E-state index in [1.54, 1.807) is 0 Å². The fourth-order valence-electron chi connectivity index (χ4n) is 2.98. The van der Waals surface area contributed by atoms with Gasteiger partial charge in [-0.3, -0.25) is 0 Å². The van der Waals surface area contributed by atoms with Crippen molar-refractivity contribution in [2.24, 2.45) is 11.8 Å². The van der Waals surface area contributed by atoms with E-state index in [9.17, 15) is 0 Å². The summed E-state index contributed by atoms with van der Waals surface area (Å²) in [7, 11) is 0. The van der Waals surface area contributed by atoms with Crippen LogP contribution in [0, 0.1) is 11.8 Å². The molecule has 0 heteroatoms. The molecule has 0 aromatic heterocycles. The summed E-state index contributed by atoms with van der Waals surface area (Å²) in [5.74, 6) is 1.93. The molecule has 1 fully saturated rings. The maximum absolute atomic E-state index is 2.46. The summed E-state index contributed by atoms with van der Waals surface area (Å²) in [5, 5.41) is 0. The lowest BCUT2D eigenvalue weighted by Gasteiger charge is -2.27. The van der Waals surface area contributed by atoms with E-state index in [0.717, 1.165) is 11.8 Å². The van der Waals surface area contributed by atoms with Crippen molar-refractivity contribution in [2.75, 3.05) is 0 Å². The third-order valence-electron chi connectivity index (χ3n) is 4.19. The third kappa shape index (κ3) is 5.25. The number of hydrogen-bond acceptors (Lipinski definition) is 0. The minimum absolute atomic E-state index is 0.917. The smallest absolute Gasteiger partial charge is 0.0276 e. The Balaban J connectivity index is 0.000000771. The van der Waals surface area contributed by atoms with Crippen molar-refractivity contribution in [1.29, 1.82) is 0 Å². The van der Waals surface area contributed by atoms with Gasteiger partial charge in [-0.1, -0.05) is 83.2 Å². The van der Waals surface area contributed by atoms with E-state index in [4.69, 9.17) is 0 Å². The summed E-state index contributed by atoms with van der Waals surface area (Å²) in [5.41, 5.74) is 1.50. The Morgan fingerprint density at radius 1 is 1.00 bits per heavy atom. The zero-order valence-electron chi connectivity index (χ0n) is 12.5. The van der Waals surface area contributed by atoms with Crippen LogP contribution in [0.1, 0.15) is 64.9 Å². The van der Waals surface area contributed by atoms with Crippen molar-refractivity contribution < 1.29 is 0 Å². The summed E-state index contributed by atoms with van der Waals surface area (Å²) in [6.07, 6.45) is 10.0. The molecule has 0 nitrogen and oxygen atoms in total. The SMILES string of the molecule is CC.C[C@@H](CCc1ccccc1)C1CCCCC1. The van der Waals surface area contributed by atoms with Crippen LogP contribution in [0.3, 0.4) is 0 Å². The highest BCUT2D eigenvalue weighted by Crippen LogP contribution is 2.32. The monoisotopic (exact) mass is 246 g/mol. The highest BCUT2D eigenvalue weighted by Gasteiger charge is 2.19. The number of aryl methyl sites for hydroxylation is 1. The second-order valence-corrected chi connectivity index (χ2v) is 5.40. The molecule has 18 heavy (non-hydrogen) atoms. The maximum atomic E-state index is 2.46. The molecule has 0 saturated heterocycles. The van der Waals surface area contributed by atoms with Gasteiger partial charge in [0.15, 0.2) is 0 Å². The van der Waals surface area contributed by atoms with Crippen LogP contribution in [0.5, 0.6) is 0 Å². The highest BCUT2D eigenvalue weighted by molar-refractivity contribution is 5.14. The lowest BCUT2D eigenvalue weighted by Crippen LogP contribution is -2.15. The Morgan fingerprint density at radius 2 is 1.61 bits per heavy atom. The first-order valence-electron chi connectivity index (χ1n) is 7.90. The van der Waals surface area contributed by atoms with Crippen molar-refractivity contribution in [3.05, 3.63) is 35.9 Å². The fourth-order valence-corrected chi connectivity index (χ4v) is 2.98. The van der Waals surface area contributed by atoms with Crippen molar-refractivity contribution in [3.8, 4) is 0 Å². The predicted octanol–water partition coefficient (Wildman–Crippen LogP) is 5.86. The second-order valence-electron chi connectivity index (χ2n) is 5.40. The number of hydrogen-bond donors (Lipinski definition) is 0. The van der Waals surface area contributed by atoms with Crippen LogP contribution in [0.15, 0.2) is 30.3 Å². The Kier molecular flexibility index (Phi) is 7.80. The van der Waals surface area contributed by atoms with Crippen LogP contribution in [0.4, 0.5) is 0 Å². The second kappa shape index (κ2) is 9.19. The van der Waals surface area contributed by atoms with Crippen molar-refractivity contribution in [1.82, 2.24) is 0 Å². The van der Waals surface area contributed by atoms with E-state index in [0.29, 0.717) is 0 Å². The van der Waals surface area contributed by atoms with E-state index >= 15 is 0 Å². The molecule has 1 saturated carbocycles. The lowest BCUT2D eigenvalue weighted by atomic mass is 9.78. The van der Waals surface area contributed by atoms with Gasteiger partial charge in [-0.05, 0) is 30.2 Å². The zero-order valence-corrected chi connectivity index (χ0v) is 12.5. The van der Waals surface area contributed by atoms with Gasteiger partial charge >= 0.3 is 0 Å². The predicted molar refractivity (Wildman–Crippen MR) is 81.9 cm³/mol. The van der Waals surface area contributed by atoms with E-state index < -0.39 is 0 Å². The standard InChI is InChI=1S/C16H24.C2H6/c1-14(16-10-6-3-7-11-16)12-13-15-8-4-2-5-9-15;1-2/h2,4-5,8-9,14,16H,3,6-7,10-13H2,1H3;1-2H3/t14-;/m0./s1. The molecule has 0 bridgehead atoms. The molecule has 0 unspecified atom stereocenters. The van der Waals surface area contributed by atoms with Gasteiger partial charge in [0, 0.05) is 0 Å². The molecule has 0 amide bonds. The Labute approximate surface area is 114 Å². The molecule has 1 aromatic rings. The first-order valence-corrected chi connectivity index (χ1v) is 7.90. The minimum atomic E-state index is 0.917. The molecule has 0 N–H and O–H groups in total. The van der Waals surface area contributed by atoms with E-state index in [2.05, 4.69) is 37.3 Å². The van der Waals surface area contributed by atoms with Gasteiger partial charge < -0.3 is 0 Å². The molecule has 1 aromatic carbocycles. The molecule has 0 radical (unpaired) electrons. The van der Waals surface area contributed by atoms with Crippen LogP contribution in [0.2, 0.25) is 0 Å². The topological polar surface area (TPSA) is 0 Å².